The first kappa shape index (κ1) is 21.8. The summed E-state index contributed by atoms with van der Waals surface area (Å²) in [5.74, 6) is 0.743. The van der Waals surface area contributed by atoms with Gasteiger partial charge in [-0.1, -0.05) is 12.1 Å². The Morgan fingerprint density at radius 2 is 1.91 bits per heavy atom. The molecule has 1 N–H and O–H groups in total. The molecule has 178 valence electrons. The van der Waals surface area contributed by atoms with Gasteiger partial charge in [-0.2, -0.15) is 0 Å². The molecule has 4 aromatic rings. The summed E-state index contributed by atoms with van der Waals surface area (Å²) in [7, 11) is 0. The highest BCUT2D eigenvalue weighted by Crippen LogP contribution is 2.41. The molecule has 0 aliphatic carbocycles. The van der Waals surface area contributed by atoms with E-state index < -0.39 is 0 Å². The molecule has 6 rings (SSSR count). The Morgan fingerprint density at radius 3 is 2.71 bits per heavy atom. The van der Waals surface area contributed by atoms with Crippen LogP contribution in [0.5, 0.6) is 0 Å². The van der Waals surface area contributed by atoms with Crippen LogP contribution < -0.4 is 5.32 Å². The van der Waals surface area contributed by atoms with Crippen LogP contribution in [-0.4, -0.2) is 37.3 Å². The molecule has 2 saturated heterocycles. The van der Waals surface area contributed by atoms with E-state index in [9.17, 15) is 4.79 Å². The summed E-state index contributed by atoms with van der Waals surface area (Å²) in [5, 5.41) is 3.49. The van der Waals surface area contributed by atoms with Crippen LogP contribution in [-0.2, 0) is 13.0 Å². The van der Waals surface area contributed by atoms with Crippen LogP contribution in [0.25, 0.3) is 5.52 Å². The van der Waals surface area contributed by atoms with Crippen LogP contribution in [0.15, 0.2) is 73.4 Å². The maximum atomic E-state index is 13.7. The van der Waals surface area contributed by atoms with E-state index in [1.165, 1.54) is 11.2 Å². The van der Waals surface area contributed by atoms with Gasteiger partial charge in [-0.15, -0.1) is 0 Å². The molecule has 3 aromatic heterocycles. The summed E-state index contributed by atoms with van der Waals surface area (Å²) < 4.78 is 2.15. The number of piperidine rings is 1. The van der Waals surface area contributed by atoms with E-state index in [0.29, 0.717) is 24.5 Å². The van der Waals surface area contributed by atoms with E-state index >= 15 is 0 Å². The van der Waals surface area contributed by atoms with Gasteiger partial charge in [0.05, 0.1) is 11.2 Å². The molecular formula is C29H31N5O. The number of amides is 1. The zero-order valence-electron chi connectivity index (χ0n) is 20.1. The van der Waals surface area contributed by atoms with Crippen molar-refractivity contribution in [3.05, 3.63) is 95.8 Å². The first-order valence-electron chi connectivity index (χ1n) is 12.6. The lowest BCUT2D eigenvalue weighted by Gasteiger charge is -2.39. The molecule has 2 fully saturated rings. The van der Waals surface area contributed by atoms with Crippen molar-refractivity contribution >= 4 is 17.1 Å². The van der Waals surface area contributed by atoms with Crippen molar-refractivity contribution < 1.29 is 4.79 Å². The quantitative estimate of drug-likeness (QED) is 0.421. The van der Waals surface area contributed by atoms with Gasteiger partial charge in [-0.3, -0.25) is 14.8 Å². The minimum Gasteiger partial charge on any atom is -0.381 e. The molecule has 1 amide bonds. The molecule has 0 radical (unpaired) electrons. The Morgan fingerprint density at radius 1 is 1.06 bits per heavy atom. The minimum atomic E-state index is 0.173. The van der Waals surface area contributed by atoms with E-state index in [1.54, 1.807) is 6.20 Å². The van der Waals surface area contributed by atoms with Crippen LogP contribution >= 0.6 is 0 Å². The third-order valence-corrected chi connectivity index (χ3v) is 7.77. The molecule has 5 heterocycles. The predicted octanol–water partition coefficient (Wildman–Crippen LogP) is 5.28. The lowest BCUT2D eigenvalue weighted by Crippen LogP contribution is -2.47. The molecule has 0 spiro atoms. The first-order chi connectivity index (χ1) is 17.2. The highest BCUT2D eigenvalue weighted by atomic mass is 16.2. The molecule has 2 bridgehead atoms. The smallest absolute Gasteiger partial charge is 0.254 e. The highest BCUT2D eigenvalue weighted by molar-refractivity contribution is 5.96. The molecule has 2 aliphatic heterocycles. The van der Waals surface area contributed by atoms with E-state index in [0.717, 1.165) is 54.5 Å². The number of fused-ring (bicyclic) bond motifs is 3. The van der Waals surface area contributed by atoms with Crippen LogP contribution in [0, 0.1) is 12.8 Å². The Balaban J connectivity index is 1.16. The van der Waals surface area contributed by atoms with Crippen LogP contribution in [0.1, 0.15) is 52.9 Å². The van der Waals surface area contributed by atoms with Crippen molar-refractivity contribution in [1.29, 1.82) is 0 Å². The van der Waals surface area contributed by atoms with Gasteiger partial charge < -0.3 is 14.6 Å². The molecule has 2 atom stereocenters. The molecule has 0 saturated carbocycles. The van der Waals surface area contributed by atoms with Gasteiger partial charge >= 0.3 is 0 Å². The Labute approximate surface area is 206 Å². The zero-order valence-corrected chi connectivity index (χ0v) is 20.1. The molecular weight excluding hydrogens is 434 g/mol. The number of benzene rings is 1. The van der Waals surface area contributed by atoms with E-state index in [2.05, 4.69) is 57.0 Å². The van der Waals surface area contributed by atoms with Crippen molar-refractivity contribution in [2.75, 3.05) is 5.32 Å². The number of anilines is 1. The molecule has 2 aliphatic rings. The second kappa shape index (κ2) is 9.17. The van der Waals surface area contributed by atoms with Crippen molar-refractivity contribution in [2.24, 2.45) is 5.92 Å². The topological polar surface area (TPSA) is 62.5 Å². The first-order valence-corrected chi connectivity index (χ1v) is 12.6. The minimum absolute atomic E-state index is 0.173. The van der Waals surface area contributed by atoms with Crippen LogP contribution in [0.2, 0.25) is 0 Å². The number of carbonyl (C=O) groups is 1. The Bertz CT molecular complexity index is 1330. The number of rotatable bonds is 6. The predicted molar refractivity (Wildman–Crippen MR) is 137 cm³/mol. The molecule has 6 nitrogen and oxygen atoms in total. The summed E-state index contributed by atoms with van der Waals surface area (Å²) in [5.41, 5.74) is 6.41. The van der Waals surface area contributed by atoms with Crippen LogP contribution in [0.3, 0.4) is 0 Å². The fourth-order valence-electron chi connectivity index (χ4n) is 6.04. The number of pyridine rings is 1. The van der Waals surface area contributed by atoms with Gasteiger partial charge in [0.25, 0.3) is 5.91 Å². The summed E-state index contributed by atoms with van der Waals surface area (Å²) in [4.78, 5) is 24.7. The van der Waals surface area contributed by atoms with Crippen molar-refractivity contribution in [2.45, 2.75) is 57.7 Å². The van der Waals surface area contributed by atoms with Gasteiger partial charge in [-0.05, 0) is 86.4 Å². The lowest BCUT2D eigenvalue weighted by atomic mass is 9.86. The van der Waals surface area contributed by atoms with Gasteiger partial charge in [-0.25, -0.2) is 0 Å². The second-order valence-electron chi connectivity index (χ2n) is 10.1. The van der Waals surface area contributed by atoms with E-state index in [-0.39, 0.29) is 5.91 Å². The highest BCUT2D eigenvalue weighted by Gasteiger charge is 2.43. The van der Waals surface area contributed by atoms with Crippen molar-refractivity contribution in [1.82, 2.24) is 19.3 Å². The van der Waals surface area contributed by atoms with E-state index in [4.69, 9.17) is 4.98 Å². The summed E-state index contributed by atoms with van der Waals surface area (Å²) >= 11 is 0. The molecule has 6 heteroatoms. The van der Waals surface area contributed by atoms with Crippen molar-refractivity contribution in [3.8, 4) is 0 Å². The maximum absolute atomic E-state index is 13.7. The van der Waals surface area contributed by atoms with E-state index in [1.807, 2.05) is 36.8 Å². The van der Waals surface area contributed by atoms with Gasteiger partial charge in [0, 0.05) is 60.9 Å². The Hall–Kier alpha value is -3.67. The maximum Gasteiger partial charge on any atom is 0.254 e. The van der Waals surface area contributed by atoms with Gasteiger partial charge in [0.1, 0.15) is 0 Å². The standard InChI is InChI=1S/C29H31N5O/c1-20-6-7-23(17-26(20)32-19-21-4-2-10-30-18-21)29(35)34-24-8-9-25(34)15-22(14-24)16-27-28-5-3-12-33(28)13-11-31-27/h2-7,10-13,17-18,22,24-25,32H,8-9,14-16,19H2,1H3/t24-,25-/m0/s1. The summed E-state index contributed by atoms with van der Waals surface area (Å²) in [6.07, 6.45) is 14.9. The fourth-order valence-corrected chi connectivity index (χ4v) is 6.04. The molecule has 35 heavy (non-hydrogen) atoms. The molecule has 1 aromatic carbocycles. The SMILES string of the molecule is Cc1ccc(C(=O)N2[C@H]3CC[C@H]2CC(Cc2nccn4cccc24)C3)cc1NCc1cccnc1. The fraction of sp³-hybridized carbons (Fsp3) is 0.345. The average molecular weight is 466 g/mol. The normalized spacial score (nSPS) is 21.4. The number of aromatic nitrogens is 3. The average Bonchev–Trinajstić information content (AvgIpc) is 3.47. The number of hydrogen-bond acceptors (Lipinski definition) is 4. The molecule has 0 unspecified atom stereocenters. The number of nitrogens with one attached hydrogen (secondary N) is 1. The third kappa shape index (κ3) is 4.29. The largest absolute Gasteiger partial charge is 0.381 e. The number of hydrogen-bond donors (Lipinski definition) is 1. The summed E-state index contributed by atoms with van der Waals surface area (Å²) in [6.45, 7) is 2.76. The lowest BCUT2D eigenvalue weighted by molar-refractivity contribution is 0.0524. The third-order valence-electron chi connectivity index (χ3n) is 7.77. The number of aryl methyl sites for hydroxylation is 1. The Kier molecular flexibility index (Phi) is 5.72. The second-order valence-corrected chi connectivity index (χ2v) is 10.1. The monoisotopic (exact) mass is 465 g/mol. The zero-order chi connectivity index (χ0) is 23.8. The van der Waals surface area contributed by atoms with Gasteiger partial charge in [0.15, 0.2) is 0 Å². The number of carbonyl (C=O) groups excluding carboxylic acids is 1. The van der Waals surface area contributed by atoms with Crippen LogP contribution in [0.4, 0.5) is 5.69 Å². The van der Waals surface area contributed by atoms with Crippen molar-refractivity contribution in [3.63, 3.8) is 0 Å². The van der Waals surface area contributed by atoms with Gasteiger partial charge in [0.2, 0.25) is 0 Å². The number of nitrogens with zero attached hydrogens (tertiary/aromatic N) is 4. The summed E-state index contributed by atoms with van der Waals surface area (Å²) in [6, 6.07) is 14.9.